The van der Waals surface area contributed by atoms with E-state index < -0.39 is 17.9 Å². The maximum atomic E-state index is 12.6. The van der Waals surface area contributed by atoms with Crippen LogP contribution in [-0.2, 0) is 63.8 Å². The molecule has 0 saturated carbocycles. The molecule has 2 aromatic carbocycles. The third-order valence-electron chi connectivity index (χ3n) is 11.9. The highest BCUT2D eigenvalue weighted by molar-refractivity contribution is 5.95. The molecule has 0 bridgehead atoms. The van der Waals surface area contributed by atoms with Gasteiger partial charge in [0.25, 0.3) is 5.91 Å². The number of carbonyl (C=O) groups excluding carboxylic acids is 5. The molecular weight excluding hydrogens is 901 g/mol. The summed E-state index contributed by atoms with van der Waals surface area (Å²) in [5, 5.41) is 12.0. The van der Waals surface area contributed by atoms with Crippen LogP contribution < -0.4 is 11.1 Å². The number of unbranched alkanes of at least 4 members (excludes halogenated alkanes) is 22. The standard InChI is InChI=1S/C29H47NO5.C15H18O6.C14H31N/c1-4-7-8-9-10-11-12-13-14-15-16-17-20-30-29(33)25-19-18-24(22-27(31)34-5-2)26(21-25)23-28(32)35-6-3;1-3-20-13(16)8-10-5-6-11(15(18)19)7-12(10)9-14(17)21-4-2;1-2-3-4-5-6-7-8-9-10-11-12-13-14-15/h18-19,21H,4-17,20,22-23H2,1-3H3,(H,30,33);5-7H,3-4,8-9H2,1-2H3,(H,18,19);2-15H2,1H3. The van der Waals surface area contributed by atoms with Gasteiger partial charge >= 0.3 is 29.8 Å². The molecule has 0 heterocycles. The van der Waals surface area contributed by atoms with Gasteiger partial charge in [0.1, 0.15) is 0 Å². The molecule has 0 aliphatic carbocycles. The minimum Gasteiger partial charge on any atom is -0.478 e. The van der Waals surface area contributed by atoms with E-state index in [4.69, 9.17) is 29.8 Å². The molecule has 4 N–H and O–H groups in total. The molecule has 13 heteroatoms. The summed E-state index contributed by atoms with van der Waals surface area (Å²) in [5.74, 6) is -2.90. The summed E-state index contributed by atoms with van der Waals surface area (Å²) in [7, 11) is 0. The minimum atomic E-state index is -1.09. The van der Waals surface area contributed by atoms with Gasteiger partial charge < -0.3 is 35.1 Å². The molecule has 13 nitrogen and oxygen atoms in total. The Labute approximate surface area is 428 Å². The highest BCUT2D eigenvalue weighted by Crippen LogP contribution is 2.18. The number of nitrogens with two attached hydrogens (primary N) is 1. The average Bonchev–Trinajstić information content (AvgIpc) is 3.34. The van der Waals surface area contributed by atoms with Gasteiger partial charge in [0.05, 0.1) is 57.7 Å². The fourth-order valence-corrected chi connectivity index (χ4v) is 7.93. The number of rotatable bonds is 39. The lowest BCUT2D eigenvalue weighted by atomic mass is 9.98. The van der Waals surface area contributed by atoms with Crippen molar-refractivity contribution in [3.63, 3.8) is 0 Å². The molecule has 1 amide bonds. The largest absolute Gasteiger partial charge is 0.478 e. The van der Waals surface area contributed by atoms with Crippen LogP contribution in [0.1, 0.15) is 239 Å². The highest BCUT2D eigenvalue weighted by Gasteiger charge is 2.17. The number of amides is 1. The predicted molar refractivity (Wildman–Crippen MR) is 285 cm³/mol. The van der Waals surface area contributed by atoms with Gasteiger partial charge in [0.2, 0.25) is 0 Å². The Morgan fingerprint density at radius 1 is 0.408 bits per heavy atom. The molecule has 0 aliphatic rings. The Bertz CT molecular complexity index is 1720. The van der Waals surface area contributed by atoms with Crippen molar-refractivity contribution in [3.8, 4) is 0 Å². The lowest BCUT2D eigenvalue weighted by Gasteiger charge is -2.12. The molecule has 0 atom stereocenters. The first-order valence-electron chi connectivity index (χ1n) is 27.5. The number of nitrogens with one attached hydrogen (secondary N) is 1. The number of carbonyl (C=O) groups is 6. The van der Waals surface area contributed by atoms with E-state index >= 15 is 0 Å². The summed E-state index contributed by atoms with van der Waals surface area (Å²) in [6.07, 6.45) is 32.2. The number of carboxylic acids is 1. The van der Waals surface area contributed by atoms with Crippen molar-refractivity contribution < 1.29 is 52.8 Å². The third kappa shape index (κ3) is 36.8. The summed E-state index contributed by atoms with van der Waals surface area (Å²) in [4.78, 5) is 70.7. The van der Waals surface area contributed by atoms with Crippen LogP contribution in [0.4, 0.5) is 0 Å². The second-order valence-corrected chi connectivity index (χ2v) is 18.0. The van der Waals surface area contributed by atoms with E-state index in [-0.39, 0.29) is 68.9 Å². The molecule has 0 aromatic heterocycles. The molecule has 0 aliphatic heterocycles. The number of ether oxygens (including phenoxy) is 4. The van der Waals surface area contributed by atoms with Crippen LogP contribution in [0.25, 0.3) is 0 Å². The molecular formula is C58H96N2O11. The normalized spacial score (nSPS) is 10.5. The van der Waals surface area contributed by atoms with Crippen molar-refractivity contribution in [2.24, 2.45) is 5.73 Å². The number of benzene rings is 2. The summed E-state index contributed by atoms with van der Waals surface area (Å²) < 4.78 is 19.8. The number of aromatic carboxylic acids is 1. The summed E-state index contributed by atoms with van der Waals surface area (Å²) in [6.45, 7) is 14.0. The van der Waals surface area contributed by atoms with Gasteiger partial charge in [-0.3, -0.25) is 24.0 Å². The lowest BCUT2D eigenvalue weighted by molar-refractivity contribution is -0.143. The lowest BCUT2D eigenvalue weighted by Crippen LogP contribution is -2.25. The van der Waals surface area contributed by atoms with Crippen molar-refractivity contribution in [2.75, 3.05) is 39.5 Å². The van der Waals surface area contributed by atoms with Crippen molar-refractivity contribution in [3.05, 3.63) is 69.8 Å². The first-order chi connectivity index (χ1) is 34.4. The minimum absolute atomic E-state index is 0.0114. The van der Waals surface area contributed by atoms with Crippen LogP contribution >= 0.6 is 0 Å². The first-order valence-corrected chi connectivity index (χ1v) is 27.5. The van der Waals surface area contributed by atoms with Gasteiger partial charge in [-0.15, -0.1) is 0 Å². The van der Waals surface area contributed by atoms with Crippen molar-refractivity contribution in [1.29, 1.82) is 0 Å². The zero-order valence-electron chi connectivity index (χ0n) is 45.1. The second-order valence-electron chi connectivity index (χ2n) is 18.0. The summed E-state index contributed by atoms with van der Waals surface area (Å²) in [6, 6.07) is 9.41. The summed E-state index contributed by atoms with van der Waals surface area (Å²) >= 11 is 0. The van der Waals surface area contributed by atoms with Gasteiger partial charge in [-0.1, -0.05) is 167 Å². The van der Waals surface area contributed by atoms with Gasteiger partial charge in [-0.05, 0) is 93.6 Å². The maximum Gasteiger partial charge on any atom is 0.335 e. The van der Waals surface area contributed by atoms with E-state index in [0.29, 0.717) is 41.0 Å². The number of hydrogen-bond acceptors (Lipinski definition) is 11. The van der Waals surface area contributed by atoms with Crippen LogP contribution in [0.2, 0.25) is 0 Å². The molecule has 0 radical (unpaired) electrons. The molecule has 2 rings (SSSR count). The van der Waals surface area contributed by atoms with E-state index in [9.17, 15) is 28.8 Å². The van der Waals surface area contributed by atoms with E-state index in [1.807, 2.05) is 0 Å². The molecule has 0 fully saturated rings. The Hall–Kier alpha value is -4.78. The Kier molecular flexibility index (Phi) is 43.2. The zero-order chi connectivity index (χ0) is 52.7. The van der Waals surface area contributed by atoms with E-state index in [2.05, 4.69) is 19.2 Å². The van der Waals surface area contributed by atoms with E-state index in [1.54, 1.807) is 45.9 Å². The number of hydrogen-bond donors (Lipinski definition) is 3. The monoisotopic (exact) mass is 997 g/mol. The zero-order valence-corrected chi connectivity index (χ0v) is 45.1. The molecule has 0 spiro atoms. The van der Waals surface area contributed by atoms with E-state index in [0.717, 1.165) is 19.4 Å². The van der Waals surface area contributed by atoms with Crippen LogP contribution in [0.15, 0.2) is 36.4 Å². The topological polar surface area (TPSA) is 198 Å². The molecule has 2 aromatic rings. The van der Waals surface area contributed by atoms with Crippen LogP contribution in [-0.4, -0.2) is 80.4 Å². The molecule has 71 heavy (non-hydrogen) atoms. The third-order valence-corrected chi connectivity index (χ3v) is 11.9. The molecule has 404 valence electrons. The van der Waals surface area contributed by atoms with Gasteiger partial charge in [-0.2, -0.15) is 0 Å². The van der Waals surface area contributed by atoms with Gasteiger partial charge in [0.15, 0.2) is 0 Å². The smallest absolute Gasteiger partial charge is 0.335 e. The number of carboxylic acid groups (broad SMARTS) is 1. The van der Waals surface area contributed by atoms with Gasteiger partial charge in [-0.25, -0.2) is 4.79 Å². The maximum absolute atomic E-state index is 12.6. The fraction of sp³-hybridized carbons (Fsp3) is 0.690. The van der Waals surface area contributed by atoms with E-state index in [1.165, 1.54) is 159 Å². The SMILES string of the molecule is CCCCCCCCCCCCCCN.CCCCCCCCCCCCCCNC(=O)c1ccc(CC(=O)OCC)c(CC(=O)OCC)c1.CCOC(=O)Cc1ccc(C(=O)O)cc1CC(=O)OCC. The Morgan fingerprint density at radius 2 is 0.704 bits per heavy atom. The van der Waals surface area contributed by atoms with Gasteiger partial charge in [0, 0.05) is 12.1 Å². The van der Waals surface area contributed by atoms with Crippen LogP contribution in [0, 0.1) is 0 Å². The van der Waals surface area contributed by atoms with Crippen molar-refractivity contribution >= 4 is 35.8 Å². The second kappa shape index (κ2) is 46.3. The highest BCUT2D eigenvalue weighted by atomic mass is 16.5. The quantitative estimate of drug-likeness (QED) is 0.0326. The molecule has 0 saturated heterocycles. The Morgan fingerprint density at radius 3 is 1.03 bits per heavy atom. The van der Waals surface area contributed by atoms with Crippen molar-refractivity contribution in [1.82, 2.24) is 5.32 Å². The fourth-order valence-electron chi connectivity index (χ4n) is 7.93. The van der Waals surface area contributed by atoms with Crippen LogP contribution in [0.3, 0.4) is 0 Å². The summed E-state index contributed by atoms with van der Waals surface area (Å²) in [5.41, 5.74) is 8.30. The average molecular weight is 997 g/mol. The number of esters is 4. The predicted octanol–water partition coefficient (Wildman–Crippen LogP) is 12.6. The van der Waals surface area contributed by atoms with Crippen molar-refractivity contribution in [2.45, 2.75) is 221 Å². The van der Waals surface area contributed by atoms with Crippen LogP contribution in [0.5, 0.6) is 0 Å². The molecule has 0 unspecified atom stereocenters. The first kappa shape index (κ1) is 66.2. The Balaban J connectivity index is 0.00000115.